The molecule has 0 aliphatic heterocycles. The Labute approximate surface area is 117 Å². The van der Waals surface area contributed by atoms with Gasteiger partial charge >= 0.3 is 5.69 Å². The average Bonchev–Trinajstić information content (AvgIpc) is 2.45. The molecule has 2 aromatic carbocycles. The number of nitrogens with two attached hydrogens (primary N) is 1. The van der Waals surface area contributed by atoms with Gasteiger partial charge in [0.1, 0.15) is 11.4 Å². The monoisotopic (exact) mass is 271 g/mol. The minimum Gasteiger partial charge on any atom is -0.393 e. The Kier molecular flexibility index (Phi) is 4.20. The van der Waals surface area contributed by atoms with Crippen LogP contribution < -0.4 is 11.1 Å². The largest absolute Gasteiger partial charge is 0.393 e. The van der Waals surface area contributed by atoms with Gasteiger partial charge in [0, 0.05) is 6.54 Å². The molecular formula is C15H17N3O2. The molecule has 0 heterocycles. The number of rotatable bonds is 5. The Hall–Kier alpha value is -2.56. The third-order valence-corrected chi connectivity index (χ3v) is 3.22. The first-order chi connectivity index (χ1) is 9.59. The highest BCUT2D eigenvalue weighted by Gasteiger charge is 2.17. The topological polar surface area (TPSA) is 81.2 Å². The lowest BCUT2D eigenvalue weighted by Gasteiger charge is -2.14. The van der Waals surface area contributed by atoms with Crippen LogP contribution in [0.25, 0.3) is 0 Å². The van der Waals surface area contributed by atoms with Crippen molar-refractivity contribution >= 4 is 17.1 Å². The van der Waals surface area contributed by atoms with Crippen molar-refractivity contribution in [2.24, 2.45) is 0 Å². The van der Waals surface area contributed by atoms with E-state index in [-0.39, 0.29) is 17.3 Å². The van der Waals surface area contributed by atoms with E-state index >= 15 is 0 Å². The molecule has 5 heteroatoms. The van der Waals surface area contributed by atoms with Crippen LogP contribution >= 0.6 is 0 Å². The smallest absolute Gasteiger partial charge is 0.314 e. The number of anilines is 2. The average molecular weight is 271 g/mol. The molecule has 0 radical (unpaired) electrons. The van der Waals surface area contributed by atoms with Crippen molar-refractivity contribution < 1.29 is 4.92 Å². The molecule has 0 spiro atoms. The lowest BCUT2D eigenvalue weighted by Crippen LogP contribution is -2.11. The van der Waals surface area contributed by atoms with Crippen molar-refractivity contribution in [3.63, 3.8) is 0 Å². The van der Waals surface area contributed by atoms with Gasteiger partial charge in [-0.2, -0.15) is 0 Å². The lowest BCUT2D eigenvalue weighted by molar-refractivity contribution is -0.383. The third kappa shape index (κ3) is 3.06. The summed E-state index contributed by atoms with van der Waals surface area (Å²) in [5.41, 5.74) is 7.41. The van der Waals surface area contributed by atoms with Crippen LogP contribution in [0.5, 0.6) is 0 Å². The van der Waals surface area contributed by atoms with Gasteiger partial charge in [-0.25, -0.2) is 0 Å². The minimum atomic E-state index is -0.454. The quantitative estimate of drug-likeness (QED) is 0.496. The molecule has 20 heavy (non-hydrogen) atoms. The van der Waals surface area contributed by atoms with Crippen LogP contribution in [0.4, 0.5) is 17.1 Å². The Morgan fingerprint density at radius 3 is 2.55 bits per heavy atom. The van der Waals surface area contributed by atoms with E-state index < -0.39 is 4.92 Å². The minimum absolute atomic E-state index is 0.0623. The second-order valence-corrected chi connectivity index (χ2v) is 4.69. The van der Waals surface area contributed by atoms with Gasteiger partial charge in [0.15, 0.2) is 0 Å². The number of nitrogens with zero attached hydrogens (tertiary/aromatic N) is 1. The first kappa shape index (κ1) is 13.9. The summed E-state index contributed by atoms with van der Waals surface area (Å²) in [6.45, 7) is 2.68. The van der Waals surface area contributed by atoms with Crippen LogP contribution in [0.15, 0.2) is 48.5 Å². The summed E-state index contributed by atoms with van der Waals surface area (Å²) >= 11 is 0. The molecule has 0 aliphatic rings. The van der Waals surface area contributed by atoms with E-state index in [1.54, 1.807) is 12.1 Å². The van der Waals surface area contributed by atoms with Crippen LogP contribution in [-0.2, 0) is 0 Å². The summed E-state index contributed by atoms with van der Waals surface area (Å²) in [6.07, 6.45) is 0. The normalized spacial score (nSPS) is 11.8. The highest BCUT2D eigenvalue weighted by molar-refractivity contribution is 5.74. The number of hydrogen-bond donors (Lipinski definition) is 2. The van der Waals surface area contributed by atoms with Crippen LogP contribution in [0.1, 0.15) is 18.4 Å². The molecule has 104 valence electrons. The number of nitrogen functional groups attached to an aromatic ring is 1. The Balaban J connectivity index is 2.12. The van der Waals surface area contributed by atoms with Crippen molar-refractivity contribution in [1.29, 1.82) is 0 Å². The maximum atomic E-state index is 11.0. The molecule has 2 rings (SSSR count). The van der Waals surface area contributed by atoms with E-state index in [0.717, 1.165) is 0 Å². The lowest BCUT2D eigenvalue weighted by atomic mass is 10.0. The highest BCUT2D eigenvalue weighted by atomic mass is 16.6. The molecular weight excluding hydrogens is 254 g/mol. The Morgan fingerprint density at radius 2 is 1.90 bits per heavy atom. The number of nitro benzene ring substituents is 1. The van der Waals surface area contributed by atoms with Crippen LogP contribution in [0, 0.1) is 10.1 Å². The second kappa shape index (κ2) is 6.06. The molecule has 0 saturated carbocycles. The number of benzene rings is 2. The maximum absolute atomic E-state index is 11.0. The molecule has 3 N–H and O–H groups in total. The van der Waals surface area contributed by atoms with Crippen molar-refractivity contribution in [3.05, 3.63) is 64.2 Å². The highest BCUT2D eigenvalue weighted by Crippen LogP contribution is 2.31. The predicted molar refractivity (Wildman–Crippen MR) is 80.9 cm³/mol. The van der Waals surface area contributed by atoms with E-state index in [2.05, 4.69) is 12.2 Å². The van der Waals surface area contributed by atoms with Gasteiger partial charge in [-0.3, -0.25) is 10.1 Å². The van der Waals surface area contributed by atoms with E-state index in [9.17, 15) is 10.1 Å². The molecule has 5 nitrogen and oxygen atoms in total. The molecule has 0 saturated heterocycles. The van der Waals surface area contributed by atoms with Crippen LogP contribution in [0.3, 0.4) is 0 Å². The number of hydrogen-bond acceptors (Lipinski definition) is 4. The first-order valence-electron chi connectivity index (χ1n) is 6.41. The summed E-state index contributed by atoms with van der Waals surface area (Å²) in [5, 5.41) is 14.2. The molecule has 0 aromatic heterocycles. The molecule has 0 fully saturated rings. The standard InChI is InChI=1S/C15H17N3O2/c1-11(12-6-3-2-4-7-12)10-17-14-9-5-8-13(16)15(14)18(19)20/h2-9,11,17H,10,16H2,1H3. The van der Waals surface area contributed by atoms with Gasteiger partial charge in [0.05, 0.1) is 4.92 Å². The molecule has 1 unspecified atom stereocenters. The van der Waals surface area contributed by atoms with Crippen LogP contribution in [-0.4, -0.2) is 11.5 Å². The Bertz CT molecular complexity index is 599. The zero-order valence-corrected chi connectivity index (χ0v) is 11.2. The zero-order valence-electron chi connectivity index (χ0n) is 11.2. The molecule has 0 aliphatic carbocycles. The number of nitrogens with one attached hydrogen (secondary N) is 1. The van der Waals surface area contributed by atoms with Gasteiger partial charge in [-0.1, -0.05) is 43.3 Å². The van der Waals surface area contributed by atoms with Crippen molar-refractivity contribution in [2.75, 3.05) is 17.6 Å². The third-order valence-electron chi connectivity index (χ3n) is 3.22. The van der Waals surface area contributed by atoms with E-state index in [1.807, 2.05) is 30.3 Å². The van der Waals surface area contributed by atoms with E-state index in [4.69, 9.17) is 5.73 Å². The zero-order chi connectivity index (χ0) is 14.5. The fraction of sp³-hybridized carbons (Fsp3) is 0.200. The van der Waals surface area contributed by atoms with Gasteiger partial charge in [-0.05, 0) is 23.6 Å². The molecule has 0 amide bonds. The second-order valence-electron chi connectivity index (χ2n) is 4.69. The SMILES string of the molecule is CC(CNc1cccc(N)c1[N+](=O)[O-])c1ccccc1. The first-order valence-corrected chi connectivity index (χ1v) is 6.41. The molecule has 2 aromatic rings. The summed E-state index contributed by atoms with van der Waals surface area (Å²) in [6, 6.07) is 14.9. The van der Waals surface area contributed by atoms with E-state index in [0.29, 0.717) is 12.2 Å². The predicted octanol–water partition coefficient (Wildman–Crippen LogP) is 3.39. The number of nitro groups is 1. The van der Waals surface area contributed by atoms with Crippen molar-refractivity contribution in [3.8, 4) is 0 Å². The molecule has 0 bridgehead atoms. The van der Waals surface area contributed by atoms with Crippen LogP contribution in [0.2, 0.25) is 0 Å². The van der Waals surface area contributed by atoms with E-state index in [1.165, 1.54) is 11.6 Å². The Morgan fingerprint density at radius 1 is 1.20 bits per heavy atom. The molecule has 1 atom stereocenters. The fourth-order valence-corrected chi connectivity index (χ4v) is 2.07. The van der Waals surface area contributed by atoms with Crippen molar-refractivity contribution in [2.45, 2.75) is 12.8 Å². The fourth-order valence-electron chi connectivity index (χ4n) is 2.07. The van der Waals surface area contributed by atoms with Gasteiger partial charge in [0.25, 0.3) is 0 Å². The summed E-state index contributed by atoms with van der Waals surface area (Å²) in [4.78, 5) is 10.6. The van der Waals surface area contributed by atoms with Gasteiger partial charge in [0.2, 0.25) is 0 Å². The summed E-state index contributed by atoms with van der Waals surface area (Å²) in [5.74, 6) is 0.247. The summed E-state index contributed by atoms with van der Waals surface area (Å²) < 4.78 is 0. The van der Waals surface area contributed by atoms with Gasteiger partial charge in [-0.15, -0.1) is 0 Å². The number of para-hydroxylation sites is 1. The maximum Gasteiger partial charge on any atom is 0.314 e. The summed E-state index contributed by atoms with van der Waals surface area (Å²) in [7, 11) is 0. The van der Waals surface area contributed by atoms with Crippen molar-refractivity contribution in [1.82, 2.24) is 0 Å². The van der Waals surface area contributed by atoms with Gasteiger partial charge < -0.3 is 11.1 Å².